The van der Waals surface area contributed by atoms with Crippen LogP contribution >= 0.6 is 15.9 Å². The number of aromatic nitrogens is 1. The van der Waals surface area contributed by atoms with Gasteiger partial charge in [0.15, 0.2) is 0 Å². The van der Waals surface area contributed by atoms with Crippen LogP contribution in [0.15, 0.2) is 47.2 Å². The fraction of sp³-hybridized carbons (Fsp3) is 0.0833. The van der Waals surface area contributed by atoms with E-state index in [1.54, 1.807) is 36.7 Å². The molecular formula is C12H9BrFNO. The minimum absolute atomic E-state index is 0.384. The van der Waals surface area contributed by atoms with Crippen molar-refractivity contribution in [3.05, 3.63) is 64.1 Å². The van der Waals surface area contributed by atoms with Crippen LogP contribution in [0.25, 0.3) is 0 Å². The van der Waals surface area contributed by atoms with Crippen molar-refractivity contribution in [2.75, 3.05) is 0 Å². The van der Waals surface area contributed by atoms with E-state index in [1.807, 2.05) is 0 Å². The lowest BCUT2D eigenvalue weighted by molar-refractivity contribution is 0.219. The molecule has 0 fully saturated rings. The van der Waals surface area contributed by atoms with Crippen LogP contribution in [0.5, 0.6) is 0 Å². The molecule has 0 bridgehead atoms. The average molecular weight is 282 g/mol. The second-order valence-electron chi connectivity index (χ2n) is 3.36. The summed E-state index contributed by atoms with van der Waals surface area (Å²) in [4.78, 5) is 3.91. The largest absolute Gasteiger partial charge is 0.384 e. The molecule has 0 amide bonds. The second kappa shape index (κ2) is 4.72. The monoisotopic (exact) mass is 281 g/mol. The Hall–Kier alpha value is -1.26. The Kier molecular flexibility index (Phi) is 3.31. The Balaban J connectivity index is 2.34. The van der Waals surface area contributed by atoms with Gasteiger partial charge in [-0.3, -0.25) is 4.98 Å². The third-order valence-corrected chi connectivity index (χ3v) is 2.90. The van der Waals surface area contributed by atoms with E-state index in [0.717, 1.165) is 0 Å². The molecule has 1 unspecified atom stereocenters. The number of pyridine rings is 1. The number of aliphatic hydroxyl groups excluding tert-OH is 1. The lowest BCUT2D eigenvalue weighted by Crippen LogP contribution is -2.00. The molecule has 0 saturated carbocycles. The van der Waals surface area contributed by atoms with Crippen LogP contribution in [0.4, 0.5) is 4.39 Å². The molecule has 0 saturated heterocycles. The van der Waals surface area contributed by atoms with Gasteiger partial charge in [-0.25, -0.2) is 4.39 Å². The highest BCUT2D eigenvalue weighted by molar-refractivity contribution is 9.10. The number of nitrogens with zero attached hydrogens (tertiary/aromatic N) is 1. The minimum Gasteiger partial charge on any atom is -0.384 e. The first-order valence-electron chi connectivity index (χ1n) is 4.71. The quantitative estimate of drug-likeness (QED) is 0.918. The maximum atomic E-state index is 13.3. The molecule has 0 aliphatic rings. The molecule has 1 atom stereocenters. The van der Waals surface area contributed by atoms with Crippen LogP contribution in [0, 0.1) is 5.82 Å². The van der Waals surface area contributed by atoms with Gasteiger partial charge in [0.1, 0.15) is 11.9 Å². The first-order chi connectivity index (χ1) is 7.68. The van der Waals surface area contributed by atoms with Crippen LogP contribution in [-0.4, -0.2) is 10.1 Å². The standard InChI is InChI=1S/C12H9BrFNO/c13-10-4-3-8(6-11(10)14)12(16)9-2-1-5-15-7-9/h1-7,12,16H. The zero-order valence-corrected chi connectivity index (χ0v) is 9.86. The van der Waals surface area contributed by atoms with Gasteiger partial charge in [0.05, 0.1) is 4.47 Å². The number of aliphatic hydroxyl groups is 1. The average Bonchev–Trinajstić information content (AvgIpc) is 2.33. The Morgan fingerprint density at radius 3 is 2.69 bits per heavy atom. The van der Waals surface area contributed by atoms with Crippen LogP contribution in [-0.2, 0) is 0 Å². The molecule has 1 N–H and O–H groups in total. The summed E-state index contributed by atoms with van der Waals surface area (Å²) in [7, 11) is 0. The van der Waals surface area contributed by atoms with E-state index >= 15 is 0 Å². The van der Waals surface area contributed by atoms with Gasteiger partial charge >= 0.3 is 0 Å². The zero-order valence-electron chi connectivity index (χ0n) is 8.27. The van der Waals surface area contributed by atoms with Crippen LogP contribution in [0.1, 0.15) is 17.2 Å². The van der Waals surface area contributed by atoms with Crippen molar-refractivity contribution in [2.45, 2.75) is 6.10 Å². The van der Waals surface area contributed by atoms with Gasteiger partial charge in [0.25, 0.3) is 0 Å². The molecule has 0 aliphatic carbocycles. The highest BCUT2D eigenvalue weighted by Crippen LogP contribution is 2.24. The van der Waals surface area contributed by atoms with Gasteiger partial charge in [-0.2, -0.15) is 0 Å². The molecule has 1 aromatic carbocycles. The van der Waals surface area contributed by atoms with Crippen LogP contribution in [0.3, 0.4) is 0 Å². The smallest absolute Gasteiger partial charge is 0.137 e. The molecule has 1 heterocycles. The summed E-state index contributed by atoms with van der Waals surface area (Å²) < 4.78 is 13.7. The van der Waals surface area contributed by atoms with Crippen molar-refractivity contribution in [3.8, 4) is 0 Å². The van der Waals surface area contributed by atoms with Crippen molar-refractivity contribution < 1.29 is 9.50 Å². The number of hydrogen-bond donors (Lipinski definition) is 1. The van der Waals surface area contributed by atoms with E-state index in [0.29, 0.717) is 15.6 Å². The van der Waals surface area contributed by atoms with Crippen molar-refractivity contribution in [2.24, 2.45) is 0 Å². The fourth-order valence-electron chi connectivity index (χ4n) is 1.41. The Labute approximate surface area is 101 Å². The summed E-state index contributed by atoms with van der Waals surface area (Å²) in [6.07, 6.45) is 2.33. The summed E-state index contributed by atoms with van der Waals surface area (Å²) in [5, 5.41) is 9.99. The molecule has 0 spiro atoms. The van der Waals surface area contributed by atoms with E-state index in [1.165, 1.54) is 6.07 Å². The minimum atomic E-state index is -0.851. The van der Waals surface area contributed by atoms with Gasteiger partial charge < -0.3 is 5.11 Å². The predicted octanol–water partition coefficient (Wildman–Crippen LogP) is 3.06. The van der Waals surface area contributed by atoms with Crippen LogP contribution < -0.4 is 0 Å². The van der Waals surface area contributed by atoms with Crippen molar-refractivity contribution in [3.63, 3.8) is 0 Å². The zero-order chi connectivity index (χ0) is 11.5. The molecule has 2 aromatic rings. The Morgan fingerprint density at radius 1 is 1.25 bits per heavy atom. The van der Waals surface area contributed by atoms with Gasteiger partial charge in [-0.15, -0.1) is 0 Å². The predicted molar refractivity (Wildman–Crippen MR) is 62.4 cm³/mol. The SMILES string of the molecule is OC(c1cccnc1)c1ccc(Br)c(F)c1. The first-order valence-corrected chi connectivity index (χ1v) is 5.50. The number of hydrogen-bond acceptors (Lipinski definition) is 2. The van der Waals surface area contributed by atoms with E-state index < -0.39 is 6.10 Å². The molecule has 2 nitrogen and oxygen atoms in total. The van der Waals surface area contributed by atoms with E-state index in [4.69, 9.17) is 0 Å². The third kappa shape index (κ3) is 2.28. The Morgan fingerprint density at radius 2 is 2.06 bits per heavy atom. The summed E-state index contributed by atoms with van der Waals surface area (Å²) in [6.45, 7) is 0. The van der Waals surface area contributed by atoms with Crippen molar-refractivity contribution >= 4 is 15.9 Å². The van der Waals surface area contributed by atoms with Gasteiger partial charge in [-0.1, -0.05) is 12.1 Å². The summed E-state index contributed by atoms with van der Waals surface area (Å²) in [6, 6.07) is 8.03. The molecule has 16 heavy (non-hydrogen) atoms. The molecule has 82 valence electrons. The number of rotatable bonds is 2. The molecule has 2 rings (SSSR count). The lowest BCUT2D eigenvalue weighted by Gasteiger charge is -2.11. The maximum Gasteiger partial charge on any atom is 0.137 e. The summed E-state index contributed by atoms with van der Waals surface area (Å²) in [5.74, 6) is -0.388. The molecular weight excluding hydrogens is 273 g/mol. The normalized spacial score (nSPS) is 12.4. The fourth-order valence-corrected chi connectivity index (χ4v) is 1.66. The summed E-state index contributed by atoms with van der Waals surface area (Å²) >= 11 is 3.07. The van der Waals surface area contributed by atoms with E-state index in [2.05, 4.69) is 20.9 Å². The Bertz CT molecular complexity index is 490. The van der Waals surface area contributed by atoms with Gasteiger partial charge in [-0.05, 0) is 39.7 Å². The second-order valence-corrected chi connectivity index (χ2v) is 4.22. The number of benzene rings is 1. The summed E-state index contributed by atoms with van der Waals surface area (Å²) in [5.41, 5.74) is 1.15. The molecule has 1 aromatic heterocycles. The van der Waals surface area contributed by atoms with Crippen molar-refractivity contribution in [1.29, 1.82) is 0 Å². The molecule has 0 radical (unpaired) electrons. The first kappa shape index (κ1) is 11.2. The molecule has 4 heteroatoms. The highest BCUT2D eigenvalue weighted by atomic mass is 79.9. The number of halogens is 2. The van der Waals surface area contributed by atoms with E-state index in [-0.39, 0.29) is 5.82 Å². The maximum absolute atomic E-state index is 13.3. The van der Waals surface area contributed by atoms with Crippen molar-refractivity contribution in [1.82, 2.24) is 4.98 Å². The topological polar surface area (TPSA) is 33.1 Å². The van der Waals surface area contributed by atoms with Gasteiger partial charge in [0.2, 0.25) is 0 Å². The lowest BCUT2D eigenvalue weighted by atomic mass is 10.0. The van der Waals surface area contributed by atoms with E-state index in [9.17, 15) is 9.50 Å². The third-order valence-electron chi connectivity index (χ3n) is 2.26. The molecule has 0 aliphatic heterocycles. The van der Waals surface area contributed by atoms with Crippen LogP contribution in [0.2, 0.25) is 0 Å². The van der Waals surface area contributed by atoms with Gasteiger partial charge in [0, 0.05) is 18.0 Å². The highest BCUT2D eigenvalue weighted by Gasteiger charge is 2.12.